The van der Waals surface area contributed by atoms with Crippen LogP contribution in [0.25, 0.3) is 11.2 Å². The van der Waals surface area contributed by atoms with Crippen molar-refractivity contribution in [1.29, 1.82) is 0 Å². The molecule has 0 aromatic carbocycles. The van der Waals surface area contributed by atoms with Gasteiger partial charge >= 0.3 is 0 Å². The highest BCUT2D eigenvalue weighted by molar-refractivity contribution is 6.33. The first-order valence-corrected chi connectivity index (χ1v) is 13.7. The Morgan fingerprint density at radius 3 is 2.69 bits per heavy atom. The number of hydrazone groups is 1. The monoisotopic (exact) mass is 503 g/mol. The number of halogens is 1. The molecule has 3 aliphatic heterocycles. The Balaban J connectivity index is 1.22. The minimum atomic E-state index is -0.107. The van der Waals surface area contributed by atoms with E-state index in [1.54, 1.807) is 11.1 Å². The molecule has 1 saturated heterocycles. The van der Waals surface area contributed by atoms with E-state index in [0.29, 0.717) is 10.9 Å². The molecule has 1 saturated carbocycles. The number of aromatic nitrogens is 2. The van der Waals surface area contributed by atoms with Gasteiger partial charge in [-0.1, -0.05) is 37.4 Å². The number of imidazole rings is 1. The normalized spacial score (nSPS) is 23.8. The first-order chi connectivity index (χ1) is 17.4. The number of allylic oxidation sites excluding steroid dienone is 4. The maximum Gasteiger partial charge on any atom is 0.271 e. The highest BCUT2D eigenvalue weighted by Crippen LogP contribution is 2.35. The zero-order chi connectivity index (χ0) is 24.8. The molecule has 2 aromatic rings. The summed E-state index contributed by atoms with van der Waals surface area (Å²) < 4.78 is 1.95. The van der Waals surface area contributed by atoms with Crippen molar-refractivity contribution in [2.75, 3.05) is 19.6 Å². The van der Waals surface area contributed by atoms with Crippen molar-refractivity contribution in [3.8, 4) is 0 Å². The largest absolute Gasteiger partial charge is 0.305 e. The molecule has 188 valence electrons. The maximum absolute atomic E-state index is 13.5. The number of hydrogen-bond donors (Lipinski definition) is 0. The Labute approximate surface area is 218 Å². The van der Waals surface area contributed by atoms with Crippen LogP contribution in [0.2, 0.25) is 5.02 Å². The van der Waals surface area contributed by atoms with E-state index in [1.165, 1.54) is 25.8 Å². The maximum atomic E-state index is 13.5. The van der Waals surface area contributed by atoms with Gasteiger partial charge in [0.05, 0.1) is 22.1 Å². The van der Waals surface area contributed by atoms with Crippen molar-refractivity contribution < 1.29 is 4.79 Å². The lowest BCUT2D eigenvalue weighted by Gasteiger charge is -2.34. The molecule has 1 unspecified atom stereocenters. The second-order valence-electron chi connectivity index (χ2n) is 10.9. The van der Waals surface area contributed by atoms with Gasteiger partial charge in [0.25, 0.3) is 5.91 Å². The molecule has 1 atom stereocenters. The highest BCUT2D eigenvalue weighted by atomic mass is 35.5. The summed E-state index contributed by atoms with van der Waals surface area (Å²) in [7, 11) is 0. The van der Waals surface area contributed by atoms with Gasteiger partial charge in [-0.3, -0.25) is 4.79 Å². The van der Waals surface area contributed by atoms with Crippen LogP contribution in [0.5, 0.6) is 0 Å². The van der Waals surface area contributed by atoms with Gasteiger partial charge < -0.3 is 9.30 Å². The van der Waals surface area contributed by atoms with Crippen molar-refractivity contribution in [2.45, 2.75) is 52.4 Å². The Hall–Kier alpha value is -2.70. The molecule has 0 bridgehead atoms. The van der Waals surface area contributed by atoms with Gasteiger partial charge in [0, 0.05) is 24.4 Å². The van der Waals surface area contributed by atoms with Gasteiger partial charge in [0.2, 0.25) is 0 Å². The van der Waals surface area contributed by atoms with E-state index in [-0.39, 0.29) is 11.8 Å². The zero-order valence-corrected chi connectivity index (χ0v) is 21.9. The lowest BCUT2D eigenvalue weighted by atomic mass is 9.89. The number of aryl methyl sites for hydroxylation is 1. The number of carbonyl (C=O) groups is 1. The number of fused-ring (bicyclic) bond motifs is 2. The molecule has 36 heavy (non-hydrogen) atoms. The number of pyridine rings is 1. The number of piperidine rings is 1. The third-order valence-corrected chi connectivity index (χ3v) is 8.38. The molecule has 2 fully saturated rings. The molecule has 1 aliphatic carbocycles. The van der Waals surface area contributed by atoms with Crippen LogP contribution in [0.1, 0.15) is 56.7 Å². The molecule has 7 heteroatoms. The van der Waals surface area contributed by atoms with Gasteiger partial charge in [0.15, 0.2) is 5.65 Å². The molecule has 0 radical (unpaired) electrons. The van der Waals surface area contributed by atoms with E-state index in [1.807, 2.05) is 29.8 Å². The van der Waals surface area contributed by atoms with Crippen molar-refractivity contribution in [3.05, 3.63) is 64.7 Å². The van der Waals surface area contributed by atoms with Gasteiger partial charge in [-0.05, 0) is 93.4 Å². The molecule has 0 N–H and O–H groups in total. The van der Waals surface area contributed by atoms with Crippen molar-refractivity contribution in [2.24, 2.45) is 22.9 Å². The van der Waals surface area contributed by atoms with Gasteiger partial charge in [0.1, 0.15) is 0 Å². The van der Waals surface area contributed by atoms with E-state index >= 15 is 0 Å². The van der Waals surface area contributed by atoms with Crippen LogP contribution < -0.4 is 0 Å². The Morgan fingerprint density at radius 2 is 1.92 bits per heavy atom. The minimum absolute atomic E-state index is 0.107. The van der Waals surface area contributed by atoms with Gasteiger partial charge in [-0.2, -0.15) is 10.1 Å². The molecule has 6 rings (SSSR count). The molecule has 6 nitrogen and oxygen atoms in total. The van der Waals surface area contributed by atoms with E-state index in [2.05, 4.69) is 35.0 Å². The third kappa shape index (κ3) is 4.81. The van der Waals surface area contributed by atoms with E-state index in [9.17, 15) is 4.79 Å². The van der Waals surface area contributed by atoms with E-state index in [0.717, 1.165) is 72.2 Å². The van der Waals surface area contributed by atoms with Crippen LogP contribution in [-0.4, -0.2) is 50.5 Å². The standard InChI is InChI=1S/C29H34ClN5O/c1-19-3-6-24-7-8-27(22-10-13-33(14-11-22)12-9-21-4-5-21)32-35(24)28(36)16-25(19)23-15-26(30)29-31-20(2)17-34(29)18-23/h6-8,15-19,21-22H,3-5,9-14H2,1-2H3. The van der Waals surface area contributed by atoms with Crippen LogP contribution >= 0.6 is 11.6 Å². The van der Waals surface area contributed by atoms with Crippen LogP contribution in [-0.2, 0) is 4.79 Å². The van der Waals surface area contributed by atoms with Crippen LogP contribution in [0.15, 0.2) is 53.6 Å². The number of carbonyl (C=O) groups excluding carboxylic acids is 1. The molecule has 2 aromatic heterocycles. The van der Waals surface area contributed by atoms with Crippen LogP contribution in [0.3, 0.4) is 0 Å². The molecular formula is C29H34ClN5O. The first kappa shape index (κ1) is 23.7. The lowest BCUT2D eigenvalue weighted by Crippen LogP contribution is -2.38. The topological polar surface area (TPSA) is 53.2 Å². The number of rotatable bonds is 5. The fourth-order valence-corrected chi connectivity index (χ4v) is 5.94. The number of hydrogen-bond acceptors (Lipinski definition) is 4. The number of likely N-dealkylation sites (tertiary alicyclic amines) is 1. The number of amides is 1. The summed E-state index contributed by atoms with van der Waals surface area (Å²) in [5, 5.41) is 7.07. The highest BCUT2D eigenvalue weighted by Gasteiger charge is 2.29. The van der Waals surface area contributed by atoms with Crippen molar-refractivity contribution in [1.82, 2.24) is 19.3 Å². The van der Waals surface area contributed by atoms with Crippen molar-refractivity contribution in [3.63, 3.8) is 0 Å². The molecule has 0 spiro atoms. The van der Waals surface area contributed by atoms with Gasteiger partial charge in [-0.25, -0.2) is 4.98 Å². The summed E-state index contributed by atoms with van der Waals surface area (Å²) in [5.41, 5.74) is 5.46. The zero-order valence-electron chi connectivity index (χ0n) is 21.2. The summed E-state index contributed by atoms with van der Waals surface area (Å²) >= 11 is 6.56. The molecule has 1 amide bonds. The minimum Gasteiger partial charge on any atom is -0.305 e. The quantitative estimate of drug-likeness (QED) is 0.512. The molecule has 5 heterocycles. The van der Waals surface area contributed by atoms with Gasteiger partial charge in [-0.15, -0.1) is 0 Å². The SMILES string of the molecule is Cc1cn2cc(C3=CC(=O)N4N=C(C5CCN(CCC6CC6)CC5)C=CC4=CCC3C)cc(Cl)c2n1. The Kier molecular flexibility index (Phi) is 6.34. The van der Waals surface area contributed by atoms with Crippen LogP contribution in [0.4, 0.5) is 0 Å². The average molecular weight is 504 g/mol. The fourth-order valence-electron chi connectivity index (χ4n) is 5.69. The first-order valence-electron chi connectivity index (χ1n) is 13.3. The second-order valence-corrected chi connectivity index (χ2v) is 11.3. The van der Waals surface area contributed by atoms with E-state index in [4.69, 9.17) is 16.7 Å². The Bertz CT molecular complexity index is 1310. The Morgan fingerprint density at radius 1 is 1.11 bits per heavy atom. The molecule has 4 aliphatic rings. The summed E-state index contributed by atoms with van der Waals surface area (Å²) in [5.74, 6) is 1.45. The second kappa shape index (κ2) is 9.64. The van der Waals surface area contributed by atoms with E-state index < -0.39 is 0 Å². The smallest absolute Gasteiger partial charge is 0.271 e. The number of nitrogens with zero attached hydrogens (tertiary/aromatic N) is 5. The average Bonchev–Trinajstić information content (AvgIpc) is 3.63. The van der Waals surface area contributed by atoms with Crippen molar-refractivity contribution >= 4 is 34.4 Å². The lowest BCUT2D eigenvalue weighted by molar-refractivity contribution is -0.124. The summed E-state index contributed by atoms with van der Waals surface area (Å²) in [6.45, 7) is 7.59. The predicted octanol–water partition coefficient (Wildman–Crippen LogP) is 5.87. The fraction of sp³-hybridized carbons (Fsp3) is 0.483. The molecular weight excluding hydrogens is 470 g/mol. The predicted molar refractivity (Wildman–Crippen MR) is 145 cm³/mol. The third-order valence-electron chi connectivity index (χ3n) is 8.10. The summed E-state index contributed by atoms with van der Waals surface area (Å²) in [6.07, 6.45) is 19.3. The van der Waals surface area contributed by atoms with Crippen LogP contribution in [0, 0.1) is 24.7 Å². The summed E-state index contributed by atoms with van der Waals surface area (Å²) in [4.78, 5) is 20.6. The summed E-state index contributed by atoms with van der Waals surface area (Å²) in [6, 6.07) is 1.92.